The fourth-order valence-corrected chi connectivity index (χ4v) is 2.58. The Bertz CT molecular complexity index is 401. The van der Waals surface area contributed by atoms with Crippen molar-refractivity contribution in [2.45, 2.75) is 57.7 Å². The summed E-state index contributed by atoms with van der Waals surface area (Å²) in [5.74, 6) is 0.00596. The van der Waals surface area contributed by atoms with Crippen molar-refractivity contribution < 1.29 is 14.3 Å². The maximum Gasteiger partial charge on any atom is 0.407 e. The molecule has 0 unspecified atom stereocenters. The minimum atomic E-state index is -0.547. The van der Waals surface area contributed by atoms with E-state index in [1.54, 1.807) is 19.0 Å². The van der Waals surface area contributed by atoms with E-state index in [-0.39, 0.29) is 23.9 Å². The third-order valence-electron chi connectivity index (χ3n) is 3.54. The standard InChI is InChI=1S/C15H27N3O3/c1-15(2,3)21-14(20)17-12-9-10(13(19)18(5)6)7-8-11(12)16-4/h10-12H,4,7-9H2,1-3,5-6H3,(H,17,20)/t10-,11-,12+/m0/s1. The number of rotatable bonds is 3. The summed E-state index contributed by atoms with van der Waals surface area (Å²) in [6, 6.07) is -0.274. The highest BCUT2D eigenvalue weighted by molar-refractivity contribution is 5.78. The summed E-state index contributed by atoms with van der Waals surface area (Å²) in [6.07, 6.45) is 1.61. The summed E-state index contributed by atoms with van der Waals surface area (Å²) in [5, 5.41) is 2.83. The molecule has 21 heavy (non-hydrogen) atoms. The van der Waals surface area contributed by atoms with Crippen LogP contribution in [0.15, 0.2) is 4.99 Å². The third-order valence-corrected chi connectivity index (χ3v) is 3.54. The van der Waals surface area contributed by atoms with Gasteiger partial charge in [-0.05, 0) is 46.8 Å². The third kappa shape index (κ3) is 5.36. The van der Waals surface area contributed by atoms with Gasteiger partial charge in [0.2, 0.25) is 5.91 Å². The molecule has 0 aromatic carbocycles. The Morgan fingerprint density at radius 1 is 1.29 bits per heavy atom. The van der Waals surface area contributed by atoms with Crippen LogP contribution in [0, 0.1) is 5.92 Å². The number of ether oxygens (including phenoxy) is 1. The lowest BCUT2D eigenvalue weighted by Gasteiger charge is -2.35. The van der Waals surface area contributed by atoms with Crippen LogP contribution in [0.5, 0.6) is 0 Å². The molecule has 120 valence electrons. The highest BCUT2D eigenvalue weighted by atomic mass is 16.6. The molecule has 2 amide bonds. The molecule has 1 fully saturated rings. The van der Waals surface area contributed by atoms with E-state index in [9.17, 15) is 9.59 Å². The molecule has 1 aliphatic carbocycles. The largest absolute Gasteiger partial charge is 0.444 e. The van der Waals surface area contributed by atoms with Crippen LogP contribution in [0.3, 0.4) is 0 Å². The van der Waals surface area contributed by atoms with Crippen molar-refractivity contribution in [3.8, 4) is 0 Å². The van der Waals surface area contributed by atoms with Crippen LogP contribution in [-0.4, -0.2) is 55.4 Å². The van der Waals surface area contributed by atoms with Crippen molar-refractivity contribution in [3.05, 3.63) is 0 Å². The van der Waals surface area contributed by atoms with Crippen molar-refractivity contribution >= 4 is 18.7 Å². The number of carbonyl (C=O) groups excluding carboxylic acids is 2. The molecule has 6 heteroatoms. The van der Waals surface area contributed by atoms with Gasteiger partial charge in [0, 0.05) is 20.0 Å². The average molecular weight is 297 g/mol. The summed E-state index contributed by atoms with van der Waals surface area (Å²) in [4.78, 5) is 29.7. The number of aliphatic imine (C=N–C) groups is 1. The van der Waals surface area contributed by atoms with Gasteiger partial charge >= 0.3 is 6.09 Å². The molecule has 1 saturated carbocycles. The molecule has 0 spiro atoms. The van der Waals surface area contributed by atoms with Gasteiger partial charge in [0.05, 0.1) is 12.1 Å². The van der Waals surface area contributed by atoms with E-state index in [4.69, 9.17) is 4.74 Å². The Kier molecular flexibility index (Phi) is 5.75. The molecule has 0 bridgehead atoms. The molecular formula is C15H27N3O3. The van der Waals surface area contributed by atoms with Crippen LogP contribution in [-0.2, 0) is 9.53 Å². The van der Waals surface area contributed by atoms with Crippen LogP contribution in [0.2, 0.25) is 0 Å². The maximum atomic E-state index is 12.1. The molecule has 1 aliphatic rings. The number of nitrogens with zero attached hydrogens (tertiary/aromatic N) is 2. The second kappa shape index (κ2) is 6.91. The van der Waals surface area contributed by atoms with Crippen LogP contribution >= 0.6 is 0 Å². The normalized spacial score (nSPS) is 25.9. The van der Waals surface area contributed by atoms with Gasteiger partial charge in [0.15, 0.2) is 0 Å². The zero-order valence-corrected chi connectivity index (χ0v) is 13.7. The van der Waals surface area contributed by atoms with E-state index < -0.39 is 11.7 Å². The van der Waals surface area contributed by atoms with Gasteiger partial charge in [0.25, 0.3) is 0 Å². The van der Waals surface area contributed by atoms with E-state index >= 15 is 0 Å². The highest BCUT2D eigenvalue weighted by Gasteiger charge is 2.35. The minimum absolute atomic E-state index is 0.0660. The van der Waals surface area contributed by atoms with Gasteiger partial charge < -0.3 is 15.0 Å². The van der Waals surface area contributed by atoms with E-state index in [1.807, 2.05) is 20.8 Å². The summed E-state index contributed by atoms with van der Waals surface area (Å²) in [7, 11) is 3.49. The topological polar surface area (TPSA) is 71.0 Å². The Hall–Kier alpha value is -1.59. The molecule has 0 heterocycles. The van der Waals surface area contributed by atoms with Crippen molar-refractivity contribution in [3.63, 3.8) is 0 Å². The summed E-state index contributed by atoms with van der Waals surface area (Å²) >= 11 is 0. The summed E-state index contributed by atoms with van der Waals surface area (Å²) < 4.78 is 5.27. The average Bonchev–Trinajstić information content (AvgIpc) is 2.35. The maximum absolute atomic E-state index is 12.1. The zero-order chi connectivity index (χ0) is 16.2. The molecule has 3 atom stereocenters. The van der Waals surface area contributed by atoms with E-state index in [0.717, 1.165) is 12.8 Å². The smallest absolute Gasteiger partial charge is 0.407 e. The first-order valence-electron chi connectivity index (χ1n) is 7.30. The molecule has 0 radical (unpaired) electrons. The second-order valence-corrected chi connectivity index (χ2v) is 6.75. The lowest BCUT2D eigenvalue weighted by atomic mass is 9.82. The van der Waals surface area contributed by atoms with Crippen LogP contribution < -0.4 is 5.32 Å². The minimum Gasteiger partial charge on any atom is -0.444 e. The molecule has 0 aromatic heterocycles. The quantitative estimate of drug-likeness (QED) is 0.808. The van der Waals surface area contributed by atoms with E-state index in [1.165, 1.54) is 0 Å². The molecule has 1 rings (SSSR count). The van der Waals surface area contributed by atoms with Gasteiger partial charge in [-0.15, -0.1) is 0 Å². The van der Waals surface area contributed by atoms with Crippen molar-refractivity contribution in [2.75, 3.05) is 14.1 Å². The Balaban J connectivity index is 2.69. The molecular weight excluding hydrogens is 270 g/mol. The SMILES string of the molecule is C=N[C@H]1CC[C@H](C(=O)N(C)C)C[C@H]1NC(=O)OC(C)(C)C. The highest BCUT2D eigenvalue weighted by Crippen LogP contribution is 2.28. The lowest BCUT2D eigenvalue weighted by molar-refractivity contribution is -0.134. The predicted molar refractivity (Wildman–Crippen MR) is 82.5 cm³/mol. The van der Waals surface area contributed by atoms with Gasteiger partial charge in [-0.2, -0.15) is 0 Å². The Morgan fingerprint density at radius 3 is 2.38 bits per heavy atom. The first-order valence-corrected chi connectivity index (χ1v) is 7.30. The first-order chi connectivity index (χ1) is 9.64. The number of carbonyl (C=O) groups is 2. The van der Waals surface area contributed by atoms with Gasteiger partial charge in [-0.3, -0.25) is 9.79 Å². The fraction of sp³-hybridized carbons (Fsp3) is 0.800. The van der Waals surface area contributed by atoms with Crippen LogP contribution in [0.1, 0.15) is 40.0 Å². The number of hydrogen-bond donors (Lipinski definition) is 1. The molecule has 6 nitrogen and oxygen atoms in total. The Labute approximate surface area is 126 Å². The van der Waals surface area contributed by atoms with Gasteiger partial charge in [-0.1, -0.05) is 0 Å². The number of nitrogens with one attached hydrogen (secondary N) is 1. The molecule has 0 aromatic rings. The lowest BCUT2D eigenvalue weighted by Crippen LogP contribution is -2.49. The first kappa shape index (κ1) is 17.5. The molecule has 0 aliphatic heterocycles. The number of hydrogen-bond acceptors (Lipinski definition) is 4. The van der Waals surface area contributed by atoms with Crippen LogP contribution in [0.25, 0.3) is 0 Å². The monoisotopic (exact) mass is 297 g/mol. The number of amides is 2. The van der Waals surface area contributed by atoms with Crippen molar-refractivity contribution in [1.82, 2.24) is 10.2 Å². The van der Waals surface area contributed by atoms with Crippen molar-refractivity contribution in [2.24, 2.45) is 10.9 Å². The van der Waals surface area contributed by atoms with E-state index in [2.05, 4.69) is 17.0 Å². The van der Waals surface area contributed by atoms with Gasteiger partial charge in [-0.25, -0.2) is 4.79 Å². The van der Waals surface area contributed by atoms with Crippen LogP contribution in [0.4, 0.5) is 4.79 Å². The van der Waals surface area contributed by atoms with E-state index in [0.29, 0.717) is 6.42 Å². The summed E-state index contributed by atoms with van der Waals surface area (Å²) in [6.45, 7) is 9.03. The zero-order valence-electron chi connectivity index (χ0n) is 13.7. The number of alkyl carbamates (subject to hydrolysis) is 1. The fourth-order valence-electron chi connectivity index (χ4n) is 2.58. The molecule has 0 saturated heterocycles. The molecule has 1 N–H and O–H groups in total. The summed E-state index contributed by atoms with van der Waals surface area (Å²) in [5.41, 5.74) is -0.547. The van der Waals surface area contributed by atoms with Gasteiger partial charge in [0.1, 0.15) is 5.60 Å². The Morgan fingerprint density at radius 2 is 1.90 bits per heavy atom. The van der Waals surface area contributed by atoms with Crippen molar-refractivity contribution in [1.29, 1.82) is 0 Å². The predicted octanol–water partition coefficient (Wildman–Crippen LogP) is 1.84. The second-order valence-electron chi connectivity index (χ2n) is 6.75.